The third-order valence-electron chi connectivity index (χ3n) is 8.63. The number of imide groups is 1. The zero-order chi connectivity index (χ0) is 30.5. The highest BCUT2D eigenvalue weighted by atomic mass is 16.5. The number of benzene rings is 4. The Labute approximate surface area is 252 Å². The van der Waals surface area contributed by atoms with Gasteiger partial charge in [-0.2, -0.15) is 0 Å². The summed E-state index contributed by atoms with van der Waals surface area (Å²) in [7, 11) is 0. The summed E-state index contributed by atoms with van der Waals surface area (Å²) in [6.45, 7) is 0.890. The molecule has 4 amide bonds. The van der Waals surface area contributed by atoms with Crippen molar-refractivity contribution in [1.82, 2.24) is 0 Å². The first-order valence-electron chi connectivity index (χ1n) is 14.3. The van der Waals surface area contributed by atoms with E-state index in [0.717, 1.165) is 22.3 Å². The minimum absolute atomic E-state index is 0.178. The van der Waals surface area contributed by atoms with E-state index in [-0.39, 0.29) is 35.1 Å². The Morgan fingerprint density at radius 3 is 1.57 bits per heavy atom. The van der Waals surface area contributed by atoms with Gasteiger partial charge in [0, 0.05) is 30.1 Å². The van der Waals surface area contributed by atoms with Crippen molar-refractivity contribution in [2.24, 2.45) is 11.8 Å². The second-order valence-corrected chi connectivity index (χ2v) is 11.2. The van der Waals surface area contributed by atoms with Crippen LogP contribution in [0.15, 0.2) is 97.1 Å². The monoisotopic (exact) mass is 585 g/mol. The Kier molecular flexibility index (Phi) is 6.58. The van der Waals surface area contributed by atoms with Gasteiger partial charge in [0.15, 0.2) is 6.61 Å². The average Bonchev–Trinajstić information content (AvgIpc) is 3.30. The van der Waals surface area contributed by atoms with Gasteiger partial charge in [0.05, 0.1) is 23.1 Å². The van der Waals surface area contributed by atoms with Crippen molar-refractivity contribution in [3.63, 3.8) is 0 Å². The minimum atomic E-state index is -0.718. The van der Waals surface area contributed by atoms with E-state index in [1.807, 2.05) is 24.3 Å². The van der Waals surface area contributed by atoms with E-state index >= 15 is 0 Å². The summed E-state index contributed by atoms with van der Waals surface area (Å²) in [6, 6.07) is 28.7. The smallest absolute Gasteiger partial charge is 0.338 e. The number of rotatable bonds is 6. The van der Waals surface area contributed by atoms with Gasteiger partial charge < -0.3 is 15.4 Å². The molecule has 2 atom stereocenters. The van der Waals surface area contributed by atoms with Crippen LogP contribution in [0.3, 0.4) is 0 Å². The predicted molar refractivity (Wildman–Crippen MR) is 162 cm³/mol. The standard InChI is InChI=1S/C35H27N3O6/c1-19(39)36-21-12-14-22(15-13-21)37-28(40)18-44-35(43)20-10-16-23(17-11-20)38-33(41)31-29-24-6-2-3-7-25(24)30(32(31)34(38)42)27-9-5-4-8-26(27)29/h2-17,29-32H,18H2,1H3,(H,36,39)(H,37,40)/t29?,30?,31-,32+. The normalized spacial score (nSPS) is 20.8. The Morgan fingerprint density at radius 1 is 0.659 bits per heavy atom. The summed E-state index contributed by atoms with van der Waals surface area (Å²) in [5.74, 6) is -3.33. The molecule has 0 aromatic heterocycles. The van der Waals surface area contributed by atoms with E-state index < -0.39 is 30.3 Å². The van der Waals surface area contributed by atoms with Crippen LogP contribution in [0.4, 0.5) is 17.1 Å². The number of nitrogens with one attached hydrogen (secondary N) is 2. The van der Waals surface area contributed by atoms with Crippen LogP contribution in [0.1, 0.15) is 51.4 Å². The molecule has 9 heteroatoms. The van der Waals surface area contributed by atoms with E-state index in [1.54, 1.807) is 36.4 Å². The Morgan fingerprint density at radius 2 is 1.11 bits per heavy atom. The van der Waals surface area contributed by atoms with Crippen LogP contribution >= 0.6 is 0 Å². The maximum absolute atomic E-state index is 13.9. The third-order valence-corrected chi connectivity index (χ3v) is 8.63. The summed E-state index contributed by atoms with van der Waals surface area (Å²) in [5, 5.41) is 5.26. The van der Waals surface area contributed by atoms with E-state index in [0.29, 0.717) is 17.1 Å². The van der Waals surface area contributed by atoms with Crippen molar-refractivity contribution >= 4 is 46.7 Å². The molecular formula is C35H27N3O6. The number of hydrogen-bond acceptors (Lipinski definition) is 6. The molecule has 0 spiro atoms. The summed E-state index contributed by atoms with van der Waals surface area (Å²) in [4.78, 5) is 65.2. The second kappa shape index (κ2) is 10.6. The van der Waals surface area contributed by atoms with Gasteiger partial charge in [-0.3, -0.25) is 19.2 Å². The molecule has 1 saturated heterocycles. The lowest BCUT2D eigenvalue weighted by Gasteiger charge is -2.45. The van der Waals surface area contributed by atoms with Gasteiger partial charge in [-0.05, 0) is 70.8 Å². The largest absolute Gasteiger partial charge is 0.452 e. The van der Waals surface area contributed by atoms with E-state index in [4.69, 9.17) is 4.74 Å². The third kappa shape index (κ3) is 4.44. The summed E-state index contributed by atoms with van der Waals surface area (Å²) < 4.78 is 5.18. The fourth-order valence-electron chi connectivity index (χ4n) is 6.93. The van der Waals surface area contributed by atoms with Gasteiger partial charge in [0.25, 0.3) is 5.91 Å². The fraction of sp³-hybridized carbons (Fsp3) is 0.171. The fourth-order valence-corrected chi connectivity index (χ4v) is 6.93. The zero-order valence-corrected chi connectivity index (χ0v) is 23.7. The maximum atomic E-state index is 13.9. The quantitative estimate of drug-likeness (QED) is 0.247. The molecule has 2 N–H and O–H groups in total. The van der Waals surface area contributed by atoms with Crippen LogP contribution in [0.2, 0.25) is 0 Å². The lowest BCUT2D eigenvalue weighted by molar-refractivity contribution is -0.122. The number of anilines is 3. The minimum Gasteiger partial charge on any atom is -0.452 e. The van der Waals surface area contributed by atoms with Crippen molar-refractivity contribution < 1.29 is 28.7 Å². The first kappa shape index (κ1) is 27.3. The predicted octanol–water partition coefficient (Wildman–Crippen LogP) is 4.84. The number of carbonyl (C=O) groups excluding carboxylic acids is 5. The van der Waals surface area contributed by atoms with Gasteiger partial charge in [-0.15, -0.1) is 0 Å². The van der Waals surface area contributed by atoms with Gasteiger partial charge in [0.1, 0.15) is 0 Å². The molecule has 0 saturated carbocycles. The van der Waals surface area contributed by atoms with Crippen molar-refractivity contribution in [2.75, 3.05) is 22.1 Å². The maximum Gasteiger partial charge on any atom is 0.338 e. The first-order valence-corrected chi connectivity index (χ1v) is 14.3. The lowest BCUT2D eigenvalue weighted by atomic mass is 9.55. The molecule has 44 heavy (non-hydrogen) atoms. The van der Waals surface area contributed by atoms with E-state index in [1.165, 1.54) is 24.0 Å². The molecule has 8 rings (SSSR count). The van der Waals surface area contributed by atoms with Crippen LogP contribution in [0, 0.1) is 11.8 Å². The van der Waals surface area contributed by atoms with Crippen LogP contribution in [-0.4, -0.2) is 36.2 Å². The number of ether oxygens (including phenoxy) is 1. The Bertz CT molecular complexity index is 1730. The van der Waals surface area contributed by atoms with Gasteiger partial charge in [0.2, 0.25) is 17.7 Å². The summed E-state index contributed by atoms with van der Waals surface area (Å²) in [5.41, 5.74) is 6.04. The average molecular weight is 586 g/mol. The molecule has 3 aliphatic carbocycles. The topological polar surface area (TPSA) is 122 Å². The van der Waals surface area contributed by atoms with Crippen molar-refractivity contribution in [3.05, 3.63) is 125 Å². The first-order chi connectivity index (χ1) is 21.3. The molecule has 2 bridgehead atoms. The molecule has 9 nitrogen and oxygen atoms in total. The number of nitrogens with zero attached hydrogens (tertiary/aromatic N) is 1. The number of hydrogen-bond donors (Lipinski definition) is 2. The Balaban J connectivity index is 1.04. The van der Waals surface area contributed by atoms with E-state index in [9.17, 15) is 24.0 Å². The van der Waals surface area contributed by atoms with Gasteiger partial charge in [-0.25, -0.2) is 9.69 Å². The molecule has 1 heterocycles. The number of carbonyl (C=O) groups is 5. The highest BCUT2D eigenvalue weighted by Gasteiger charge is 2.61. The van der Waals surface area contributed by atoms with Gasteiger partial charge in [-0.1, -0.05) is 48.5 Å². The van der Waals surface area contributed by atoms with Crippen LogP contribution in [0.25, 0.3) is 0 Å². The van der Waals surface area contributed by atoms with Crippen LogP contribution < -0.4 is 15.5 Å². The summed E-state index contributed by atoms with van der Waals surface area (Å²) >= 11 is 0. The molecule has 218 valence electrons. The molecule has 4 aromatic carbocycles. The zero-order valence-electron chi connectivity index (χ0n) is 23.7. The van der Waals surface area contributed by atoms with Crippen molar-refractivity contribution in [3.8, 4) is 0 Å². The number of esters is 1. The molecule has 1 aliphatic heterocycles. The SMILES string of the molecule is CC(=O)Nc1ccc(NC(=O)COC(=O)c2ccc(N3C(=O)[C@@H]4C5c6ccccc6C(c6ccccc65)[C@@H]4C3=O)cc2)cc1. The molecular weight excluding hydrogens is 558 g/mol. The van der Waals surface area contributed by atoms with Crippen molar-refractivity contribution in [2.45, 2.75) is 18.8 Å². The highest BCUT2D eigenvalue weighted by Crippen LogP contribution is 2.61. The van der Waals surface area contributed by atoms with E-state index in [2.05, 4.69) is 34.9 Å². The highest BCUT2D eigenvalue weighted by molar-refractivity contribution is 6.23. The number of amides is 4. The molecule has 1 fully saturated rings. The van der Waals surface area contributed by atoms with Crippen LogP contribution in [-0.2, 0) is 23.9 Å². The van der Waals surface area contributed by atoms with Gasteiger partial charge >= 0.3 is 5.97 Å². The second-order valence-electron chi connectivity index (χ2n) is 11.2. The Hall–Kier alpha value is -5.57. The molecule has 4 aromatic rings. The summed E-state index contributed by atoms with van der Waals surface area (Å²) in [6.07, 6.45) is 0. The van der Waals surface area contributed by atoms with Crippen molar-refractivity contribution in [1.29, 1.82) is 0 Å². The molecule has 4 aliphatic rings. The lowest BCUT2D eigenvalue weighted by Crippen LogP contribution is -2.41. The van der Waals surface area contributed by atoms with Crippen LogP contribution in [0.5, 0.6) is 0 Å². The molecule has 0 unspecified atom stereocenters. The molecule has 0 radical (unpaired) electrons.